The lowest BCUT2D eigenvalue weighted by atomic mass is 10.2. The Hall–Kier alpha value is -2.50. The van der Waals surface area contributed by atoms with Crippen molar-refractivity contribution in [2.45, 2.75) is 33.3 Å². The standard InChI is InChI=1S/C16H19NO5/c1-5-20-14(18)13-9-10-11(7-6-8-12(10)21-13)17-15(19)22-16(2,3)4/h6-9H,5H2,1-4H3,(H,17,19). The molecule has 6 nitrogen and oxygen atoms in total. The first kappa shape index (κ1) is 15.9. The number of nitrogens with one attached hydrogen (secondary N) is 1. The molecule has 0 aliphatic heterocycles. The third-order valence-electron chi connectivity index (χ3n) is 2.67. The van der Waals surface area contributed by atoms with Crippen LogP contribution in [-0.2, 0) is 9.47 Å². The fourth-order valence-corrected chi connectivity index (χ4v) is 1.89. The molecule has 6 heteroatoms. The second kappa shape index (κ2) is 6.09. The summed E-state index contributed by atoms with van der Waals surface area (Å²) in [5.41, 5.74) is 0.396. The van der Waals surface area contributed by atoms with Gasteiger partial charge < -0.3 is 13.9 Å². The van der Waals surface area contributed by atoms with Crippen molar-refractivity contribution in [3.8, 4) is 0 Å². The molecular formula is C16H19NO5. The van der Waals surface area contributed by atoms with Crippen LogP contribution in [0.3, 0.4) is 0 Å². The molecular weight excluding hydrogens is 286 g/mol. The molecule has 1 aromatic carbocycles. The van der Waals surface area contributed by atoms with E-state index in [4.69, 9.17) is 13.9 Å². The van der Waals surface area contributed by atoms with Crippen molar-refractivity contribution < 1.29 is 23.5 Å². The number of esters is 1. The Morgan fingerprint density at radius 2 is 2.00 bits per heavy atom. The molecule has 22 heavy (non-hydrogen) atoms. The molecule has 0 radical (unpaired) electrons. The molecule has 118 valence electrons. The summed E-state index contributed by atoms with van der Waals surface area (Å²) in [4.78, 5) is 23.6. The Bertz CT molecular complexity index is 696. The lowest BCUT2D eigenvalue weighted by molar-refractivity contribution is 0.0492. The molecule has 0 saturated carbocycles. The van der Waals surface area contributed by atoms with E-state index in [0.29, 0.717) is 16.7 Å². The van der Waals surface area contributed by atoms with Crippen molar-refractivity contribution in [1.29, 1.82) is 0 Å². The molecule has 0 spiro atoms. The number of rotatable bonds is 3. The molecule has 0 aliphatic carbocycles. The summed E-state index contributed by atoms with van der Waals surface area (Å²) in [6, 6.07) is 6.67. The number of amides is 1. The van der Waals surface area contributed by atoms with Gasteiger partial charge in [-0.05, 0) is 39.8 Å². The molecule has 2 rings (SSSR count). The van der Waals surface area contributed by atoms with Crippen molar-refractivity contribution in [3.05, 3.63) is 30.0 Å². The minimum Gasteiger partial charge on any atom is -0.460 e. The van der Waals surface area contributed by atoms with Gasteiger partial charge in [0.25, 0.3) is 0 Å². The molecule has 0 saturated heterocycles. The van der Waals surface area contributed by atoms with E-state index < -0.39 is 17.7 Å². The summed E-state index contributed by atoms with van der Waals surface area (Å²) >= 11 is 0. The Morgan fingerprint density at radius 1 is 1.27 bits per heavy atom. The van der Waals surface area contributed by atoms with Crippen LogP contribution >= 0.6 is 0 Å². The molecule has 0 fully saturated rings. The van der Waals surface area contributed by atoms with E-state index in [-0.39, 0.29) is 12.4 Å². The van der Waals surface area contributed by atoms with E-state index in [1.54, 1.807) is 52.0 Å². The summed E-state index contributed by atoms with van der Waals surface area (Å²) in [5.74, 6) is -0.447. The van der Waals surface area contributed by atoms with Crippen molar-refractivity contribution in [2.75, 3.05) is 11.9 Å². The van der Waals surface area contributed by atoms with Gasteiger partial charge in [-0.2, -0.15) is 0 Å². The van der Waals surface area contributed by atoms with Crippen LogP contribution < -0.4 is 5.32 Å². The smallest absolute Gasteiger partial charge is 0.412 e. The van der Waals surface area contributed by atoms with Crippen molar-refractivity contribution in [2.24, 2.45) is 0 Å². The third-order valence-corrected chi connectivity index (χ3v) is 2.67. The highest BCUT2D eigenvalue weighted by Gasteiger charge is 2.19. The lowest BCUT2D eigenvalue weighted by Crippen LogP contribution is -2.27. The van der Waals surface area contributed by atoms with Gasteiger partial charge >= 0.3 is 12.1 Å². The average Bonchev–Trinajstić information content (AvgIpc) is 2.82. The highest BCUT2D eigenvalue weighted by molar-refractivity contribution is 6.01. The molecule has 0 bridgehead atoms. The quantitative estimate of drug-likeness (QED) is 0.868. The molecule has 1 heterocycles. The van der Waals surface area contributed by atoms with Crippen LogP contribution in [0, 0.1) is 0 Å². The van der Waals surface area contributed by atoms with Crippen molar-refractivity contribution in [3.63, 3.8) is 0 Å². The van der Waals surface area contributed by atoms with Crippen LogP contribution in [0.15, 0.2) is 28.7 Å². The fraction of sp³-hybridized carbons (Fsp3) is 0.375. The van der Waals surface area contributed by atoms with E-state index >= 15 is 0 Å². The summed E-state index contributed by atoms with van der Waals surface area (Å²) in [5, 5.41) is 3.26. The number of fused-ring (bicyclic) bond motifs is 1. The number of carbonyl (C=O) groups excluding carboxylic acids is 2. The van der Waals surface area contributed by atoms with E-state index in [1.165, 1.54) is 0 Å². The van der Waals surface area contributed by atoms with Crippen LogP contribution in [-0.4, -0.2) is 24.3 Å². The maximum absolute atomic E-state index is 11.9. The summed E-state index contributed by atoms with van der Waals surface area (Å²) in [6.45, 7) is 7.33. The second-order valence-electron chi connectivity index (χ2n) is 5.68. The number of hydrogen-bond donors (Lipinski definition) is 1. The molecule has 0 unspecified atom stereocenters. The number of furan rings is 1. The van der Waals surface area contributed by atoms with E-state index in [0.717, 1.165) is 0 Å². The Morgan fingerprint density at radius 3 is 2.64 bits per heavy atom. The highest BCUT2D eigenvalue weighted by Crippen LogP contribution is 2.27. The Kier molecular flexibility index (Phi) is 4.40. The topological polar surface area (TPSA) is 77.8 Å². The average molecular weight is 305 g/mol. The summed E-state index contributed by atoms with van der Waals surface area (Å²) in [6.07, 6.45) is -0.570. The second-order valence-corrected chi connectivity index (χ2v) is 5.68. The van der Waals surface area contributed by atoms with E-state index in [2.05, 4.69) is 5.32 Å². The Balaban J connectivity index is 2.27. The number of benzene rings is 1. The van der Waals surface area contributed by atoms with Gasteiger partial charge in [0.15, 0.2) is 0 Å². The zero-order chi connectivity index (χ0) is 16.3. The normalized spacial score (nSPS) is 11.3. The maximum Gasteiger partial charge on any atom is 0.412 e. The van der Waals surface area contributed by atoms with Gasteiger partial charge in [0.05, 0.1) is 12.3 Å². The van der Waals surface area contributed by atoms with Crippen LogP contribution in [0.5, 0.6) is 0 Å². The van der Waals surface area contributed by atoms with Crippen molar-refractivity contribution >= 4 is 28.7 Å². The first-order valence-corrected chi connectivity index (χ1v) is 7.00. The predicted octanol–water partition coefficient (Wildman–Crippen LogP) is 3.96. The third kappa shape index (κ3) is 3.78. The van der Waals surface area contributed by atoms with Crippen LogP contribution in [0.25, 0.3) is 11.0 Å². The number of ether oxygens (including phenoxy) is 2. The van der Waals surface area contributed by atoms with Gasteiger partial charge in [-0.15, -0.1) is 0 Å². The molecule has 1 amide bonds. The minimum atomic E-state index is -0.593. The van der Waals surface area contributed by atoms with Gasteiger partial charge in [-0.25, -0.2) is 9.59 Å². The predicted molar refractivity (Wildman–Crippen MR) is 82.0 cm³/mol. The zero-order valence-electron chi connectivity index (χ0n) is 13.1. The van der Waals surface area contributed by atoms with E-state index in [9.17, 15) is 9.59 Å². The minimum absolute atomic E-state index is 0.0929. The number of carbonyl (C=O) groups is 2. The summed E-state index contributed by atoms with van der Waals surface area (Å²) < 4.78 is 15.5. The molecule has 1 aromatic heterocycles. The highest BCUT2D eigenvalue weighted by atomic mass is 16.6. The Labute approximate surface area is 128 Å². The number of hydrogen-bond acceptors (Lipinski definition) is 5. The SMILES string of the molecule is CCOC(=O)c1cc2c(NC(=O)OC(C)(C)C)cccc2o1. The van der Waals surface area contributed by atoms with Crippen molar-refractivity contribution in [1.82, 2.24) is 0 Å². The van der Waals surface area contributed by atoms with E-state index in [1.807, 2.05) is 0 Å². The van der Waals surface area contributed by atoms with Crippen LogP contribution in [0.1, 0.15) is 38.2 Å². The van der Waals surface area contributed by atoms with Gasteiger partial charge in [0.2, 0.25) is 5.76 Å². The van der Waals surface area contributed by atoms with Crippen LogP contribution in [0.2, 0.25) is 0 Å². The molecule has 1 N–H and O–H groups in total. The van der Waals surface area contributed by atoms with Crippen LogP contribution in [0.4, 0.5) is 10.5 Å². The van der Waals surface area contributed by atoms with Gasteiger partial charge in [-0.3, -0.25) is 5.32 Å². The fourth-order valence-electron chi connectivity index (χ4n) is 1.89. The molecule has 0 aliphatic rings. The molecule has 2 aromatic rings. The maximum atomic E-state index is 11.9. The number of anilines is 1. The zero-order valence-corrected chi connectivity index (χ0v) is 13.1. The first-order valence-electron chi connectivity index (χ1n) is 7.00. The van der Waals surface area contributed by atoms with Gasteiger partial charge in [0, 0.05) is 11.5 Å². The lowest BCUT2D eigenvalue weighted by Gasteiger charge is -2.19. The van der Waals surface area contributed by atoms with Gasteiger partial charge in [0.1, 0.15) is 11.2 Å². The molecule has 0 atom stereocenters. The van der Waals surface area contributed by atoms with Gasteiger partial charge in [-0.1, -0.05) is 6.07 Å². The monoisotopic (exact) mass is 305 g/mol. The largest absolute Gasteiger partial charge is 0.460 e. The summed E-state index contributed by atoms with van der Waals surface area (Å²) in [7, 11) is 0. The first-order chi connectivity index (χ1) is 10.3.